The average molecular weight is 344 g/mol. The number of hydrogen-bond acceptors (Lipinski definition) is 6. The van der Waals surface area contributed by atoms with Gasteiger partial charge in [-0.25, -0.2) is 14.2 Å². The van der Waals surface area contributed by atoms with Gasteiger partial charge in [0.05, 0.1) is 19.9 Å². The first kappa shape index (κ1) is 18.5. The monoisotopic (exact) mass is 344 g/mol. The Labute approximate surface area is 145 Å². The van der Waals surface area contributed by atoms with Crippen LogP contribution in [0, 0.1) is 10.1 Å². The zero-order chi connectivity index (χ0) is 18.9. The van der Waals surface area contributed by atoms with Crippen LogP contribution >= 0.6 is 0 Å². The Bertz CT molecular complexity index is 866. The fourth-order valence-corrected chi connectivity index (χ4v) is 2.40. The average Bonchev–Trinajstić information content (AvgIpc) is 2.90. The van der Waals surface area contributed by atoms with Gasteiger partial charge in [0.1, 0.15) is 16.8 Å². The fourth-order valence-electron chi connectivity index (χ4n) is 2.40. The second-order valence-electron chi connectivity index (χ2n) is 6.35. The number of carbonyl (C=O) groups excluding carboxylic acids is 2. The summed E-state index contributed by atoms with van der Waals surface area (Å²) < 4.78 is 10.8. The van der Waals surface area contributed by atoms with Crippen molar-refractivity contribution in [3.05, 3.63) is 39.6 Å². The van der Waals surface area contributed by atoms with Gasteiger partial charge in [0.25, 0.3) is 5.69 Å². The Morgan fingerprint density at radius 1 is 1.28 bits per heavy atom. The molecule has 0 aliphatic carbocycles. The Kier molecular flexibility index (Phi) is 4.87. The molecule has 0 saturated carbocycles. The van der Waals surface area contributed by atoms with Gasteiger partial charge >= 0.3 is 12.1 Å². The van der Waals surface area contributed by atoms with E-state index >= 15 is 0 Å². The third-order valence-corrected chi connectivity index (χ3v) is 3.34. The standard InChI is InChI=1S/C16H17BN2O6/c1-16(2,3)25-15(21)18-12(14(20)24-4)7-10-5-9(8-17)6-11(13(10)18)19(22)23/h5-7H,8H2,1-4H3. The van der Waals surface area contributed by atoms with Gasteiger partial charge in [0.15, 0.2) is 0 Å². The molecule has 2 rings (SSSR count). The molecule has 1 aromatic carbocycles. The number of nitro benzene ring substituents is 1. The van der Waals surface area contributed by atoms with E-state index in [1.807, 2.05) is 0 Å². The largest absolute Gasteiger partial charge is 0.464 e. The molecule has 0 amide bonds. The zero-order valence-electron chi connectivity index (χ0n) is 14.4. The highest BCUT2D eigenvalue weighted by Gasteiger charge is 2.30. The van der Waals surface area contributed by atoms with Gasteiger partial charge in [-0.2, -0.15) is 0 Å². The van der Waals surface area contributed by atoms with Gasteiger partial charge in [0, 0.05) is 11.5 Å². The quantitative estimate of drug-likeness (QED) is 0.367. The molecule has 1 aromatic heterocycles. The van der Waals surface area contributed by atoms with Crippen molar-refractivity contribution in [3.63, 3.8) is 0 Å². The van der Waals surface area contributed by atoms with Gasteiger partial charge in [0.2, 0.25) is 0 Å². The first-order valence-electron chi connectivity index (χ1n) is 7.43. The topological polar surface area (TPSA) is 101 Å². The third-order valence-electron chi connectivity index (χ3n) is 3.34. The highest BCUT2D eigenvalue weighted by molar-refractivity contribution is 6.09. The number of hydrogen-bond donors (Lipinski definition) is 0. The highest BCUT2D eigenvalue weighted by Crippen LogP contribution is 2.32. The SMILES string of the molecule is [B]Cc1cc([N+](=O)[O-])c2c(c1)cc(C(=O)OC)n2C(=O)OC(C)(C)C. The lowest BCUT2D eigenvalue weighted by atomic mass is 9.95. The first-order chi connectivity index (χ1) is 11.6. The normalized spacial score (nSPS) is 11.4. The van der Waals surface area contributed by atoms with E-state index in [2.05, 4.69) is 4.74 Å². The summed E-state index contributed by atoms with van der Waals surface area (Å²) in [5.74, 6) is -0.814. The second-order valence-corrected chi connectivity index (χ2v) is 6.35. The highest BCUT2D eigenvalue weighted by atomic mass is 16.6. The smallest absolute Gasteiger partial charge is 0.419 e. The van der Waals surface area contributed by atoms with E-state index in [1.165, 1.54) is 12.1 Å². The van der Waals surface area contributed by atoms with Crippen LogP contribution in [0.25, 0.3) is 10.9 Å². The number of rotatable bonds is 3. The number of fused-ring (bicyclic) bond motifs is 1. The number of ether oxygens (including phenoxy) is 2. The Hall–Kier alpha value is -2.84. The van der Waals surface area contributed by atoms with Gasteiger partial charge in [-0.1, -0.05) is 6.32 Å². The number of nitrogens with zero attached hydrogens (tertiary/aromatic N) is 2. The van der Waals surface area contributed by atoms with Gasteiger partial charge in [-0.15, -0.1) is 0 Å². The van der Waals surface area contributed by atoms with E-state index in [0.29, 0.717) is 10.9 Å². The van der Waals surface area contributed by atoms with E-state index in [1.54, 1.807) is 26.8 Å². The van der Waals surface area contributed by atoms with Crippen molar-refractivity contribution in [2.75, 3.05) is 7.11 Å². The molecule has 0 unspecified atom stereocenters. The molecule has 130 valence electrons. The lowest BCUT2D eigenvalue weighted by Crippen LogP contribution is -2.29. The molecule has 0 atom stereocenters. The number of benzene rings is 1. The van der Waals surface area contributed by atoms with Crippen LogP contribution in [-0.4, -0.2) is 42.1 Å². The maximum atomic E-state index is 12.6. The summed E-state index contributed by atoms with van der Waals surface area (Å²) in [6.45, 7) is 4.94. The molecule has 0 saturated heterocycles. The summed E-state index contributed by atoms with van der Waals surface area (Å²) in [7, 11) is 6.72. The van der Waals surface area contributed by atoms with Crippen molar-refractivity contribution >= 4 is 36.5 Å². The molecule has 0 aliphatic rings. The Morgan fingerprint density at radius 3 is 2.40 bits per heavy atom. The summed E-state index contributed by atoms with van der Waals surface area (Å²) >= 11 is 0. The number of aromatic nitrogens is 1. The first-order valence-corrected chi connectivity index (χ1v) is 7.43. The molecule has 9 heteroatoms. The molecule has 0 aliphatic heterocycles. The third kappa shape index (κ3) is 3.65. The van der Waals surface area contributed by atoms with Gasteiger partial charge in [-0.05, 0) is 38.5 Å². The van der Waals surface area contributed by atoms with Crippen LogP contribution < -0.4 is 0 Å². The zero-order valence-corrected chi connectivity index (χ0v) is 14.4. The number of non-ortho nitro benzene ring substituents is 1. The number of methoxy groups -OCH3 is 1. The molecule has 8 nitrogen and oxygen atoms in total. The van der Waals surface area contributed by atoms with Crippen molar-refractivity contribution in [1.82, 2.24) is 4.57 Å². The maximum absolute atomic E-state index is 12.6. The predicted octanol–water partition coefficient (Wildman–Crippen LogP) is 2.79. The summed E-state index contributed by atoms with van der Waals surface area (Å²) in [6, 6.07) is 4.19. The lowest BCUT2D eigenvalue weighted by Gasteiger charge is -2.20. The molecule has 25 heavy (non-hydrogen) atoms. The maximum Gasteiger partial charge on any atom is 0.419 e. The van der Waals surface area contributed by atoms with Crippen LogP contribution in [0.5, 0.6) is 0 Å². The molecular formula is C16H17BN2O6. The molecular weight excluding hydrogens is 327 g/mol. The van der Waals surface area contributed by atoms with E-state index in [9.17, 15) is 19.7 Å². The molecule has 0 fully saturated rings. The molecule has 2 radical (unpaired) electrons. The van der Waals surface area contributed by atoms with Crippen LogP contribution in [0.4, 0.5) is 10.5 Å². The van der Waals surface area contributed by atoms with Crippen LogP contribution in [0.2, 0.25) is 0 Å². The van der Waals surface area contributed by atoms with Gasteiger partial charge < -0.3 is 9.47 Å². The lowest BCUT2D eigenvalue weighted by molar-refractivity contribution is -0.383. The van der Waals surface area contributed by atoms with Gasteiger partial charge in [-0.3, -0.25) is 10.1 Å². The van der Waals surface area contributed by atoms with E-state index in [-0.39, 0.29) is 23.2 Å². The number of carbonyl (C=O) groups is 2. The minimum atomic E-state index is -0.911. The minimum absolute atomic E-state index is 0.0446. The summed E-state index contributed by atoms with van der Waals surface area (Å²) in [5, 5.41) is 11.8. The minimum Gasteiger partial charge on any atom is -0.464 e. The van der Waals surface area contributed by atoms with E-state index < -0.39 is 22.6 Å². The molecule has 0 N–H and O–H groups in total. The Balaban J connectivity index is 2.85. The summed E-state index contributed by atoms with van der Waals surface area (Å²) in [5.41, 5.74) is -0.913. The summed E-state index contributed by atoms with van der Waals surface area (Å²) in [4.78, 5) is 35.5. The van der Waals surface area contributed by atoms with E-state index in [4.69, 9.17) is 12.6 Å². The van der Waals surface area contributed by atoms with Crippen molar-refractivity contribution in [2.24, 2.45) is 0 Å². The number of nitro groups is 1. The van der Waals surface area contributed by atoms with Crippen LogP contribution in [0.1, 0.15) is 36.8 Å². The molecule has 1 heterocycles. The fraction of sp³-hybridized carbons (Fsp3) is 0.375. The van der Waals surface area contributed by atoms with Crippen molar-refractivity contribution < 1.29 is 24.0 Å². The molecule has 0 spiro atoms. The van der Waals surface area contributed by atoms with Crippen molar-refractivity contribution in [3.8, 4) is 0 Å². The Morgan fingerprint density at radius 2 is 1.92 bits per heavy atom. The van der Waals surface area contributed by atoms with Crippen LogP contribution in [0.15, 0.2) is 18.2 Å². The molecule has 2 aromatic rings. The van der Waals surface area contributed by atoms with Crippen molar-refractivity contribution in [1.29, 1.82) is 0 Å². The van der Waals surface area contributed by atoms with E-state index in [0.717, 1.165) is 11.7 Å². The van der Waals surface area contributed by atoms with Crippen LogP contribution in [-0.2, 0) is 15.8 Å². The summed E-state index contributed by atoms with van der Waals surface area (Å²) in [6.07, 6.45) is -0.839. The second kappa shape index (κ2) is 6.58. The number of esters is 1. The predicted molar refractivity (Wildman–Crippen MR) is 91.0 cm³/mol. The molecule has 0 bridgehead atoms. The van der Waals surface area contributed by atoms with Crippen LogP contribution in [0.3, 0.4) is 0 Å². The van der Waals surface area contributed by atoms with Crippen molar-refractivity contribution in [2.45, 2.75) is 32.7 Å².